The molecule has 2 aromatic carbocycles. The Hall–Kier alpha value is -1.72. The molecule has 0 bridgehead atoms. The third-order valence-corrected chi connectivity index (χ3v) is 3.31. The predicted molar refractivity (Wildman–Crippen MR) is 75.2 cm³/mol. The van der Waals surface area contributed by atoms with Crippen LogP contribution in [0.1, 0.15) is 17.2 Å². The van der Waals surface area contributed by atoms with Crippen LogP contribution >= 0.6 is 11.6 Å². The van der Waals surface area contributed by atoms with Gasteiger partial charge in [-0.1, -0.05) is 41.9 Å². The number of alkyl halides is 3. The van der Waals surface area contributed by atoms with Gasteiger partial charge < -0.3 is 10.5 Å². The van der Waals surface area contributed by atoms with E-state index in [1.807, 2.05) is 12.1 Å². The van der Waals surface area contributed by atoms with Crippen molar-refractivity contribution < 1.29 is 17.9 Å². The van der Waals surface area contributed by atoms with Crippen LogP contribution < -0.4 is 10.5 Å². The van der Waals surface area contributed by atoms with Gasteiger partial charge in [-0.2, -0.15) is 13.2 Å². The number of nitrogens with two attached hydrogens (primary N) is 1. The summed E-state index contributed by atoms with van der Waals surface area (Å²) in [6.45, 7) is 0.240. The summed E-state index contributed by atoms with van der Waals surface area (Å²) >= 11 is 5.99. The summed E-state index contributed by atoms with van der Waals surface area (Å²) in [6, 6.07) is 10.7. The summed E-state index contributed by atoms with van der Waals surface area (Å²) < 4.78 is 42.9. The highest BCUT2D eigenvalue weighted by atomic mass is 35.5. The van der Waals surface area contributed by atoms with Crippen molar-refractivity contribution in [2.45, 2.75) is 18.8 Å². The lowest BCUT2D eigenvalue weighted by molar-refractivity contribution is -0.149. The van der Waals surface area contributed by atoms with Crippen LogP contribution in [0.5, 0.6) is 5.75 Å². The largest absolute Gasteiger partial charge is 0.489 e. The fourth-order valence-corrected chi connectivity index (χ4v) is 1.93. The van der Waals surface area contributed by atoms with Gasteiger partial charge >= 0.3 is 6.18 Å². The lowest BCUT2D eigenvalue weighted by Crippen LogP contribution is -2.28. The van der Waals surface area contributed by atoms with Gasteiger partial charge in [0.2, 0.25) is 0 Å². The van der Waals surface area contributed by atoms with E-state index in [0.29, 0.717) is 10.8 Å². The van der Waals surface area contributed by atoms with E-state index in [9.17, 15) is 13.2 Å². The zero-order valence-electron chi connectivity index (χ0n) is 10.9. The quantitative estimate of drug-likeness (QED) is 0.902. The van der Waals surface area contributed by atoms with Crippen molar-refractivity contribution in [1.29, 1.82) is 0 Å². The van der Waals surface area contributed by atoms with Gasteiger partial charge in [-0.3, -0.25) is 0 Å². The fourth-order valence-electron chi connectivity index (χ4n) is 1.74. The summed E-state index contributed by atoms with van der Waals surface area (Å²) in [5.74, 6) is 0.452. The average Bonchev–Trinajstić information content (AvgIpc) is 2.45. The Labute approximate surface area is 125 Å². The average molecular weight is 316 g/mol. The molecule has 112 valence electrons. The summed E-state index contributed by atoms with van der Waals surface area (Å²) in [4.78, 5) is 0. The second kappa shape index (κ2) is 6.37. The van der Waals surface area contributed by atoms with E-state index in [4.69, 9.17) is 22.1 Å². The smallest absolute Gasteiger partial charge is 0.407 e. The maximum atomic E-state index is 12.5. The number of rotatable bonds is 4. The van der Waals surface area contributed by atoms with Gasteiger partial charge in [0.1, 0.15) is 18.4 Å². The molecule has 0 spiro atoms. The van der Waals surface area contributed by atoms with Crippen molar-refractivity contribution in [1.82, 2.24) is 0 Å². The fraction of sp³-hybridized carbons (Fsp3) is 0.200. The molecule has 0 aliphatic carbocycles. The molecule has 2 aromatic rings. The predicted octanol–water partition coefficient (Wildman–Crippen LogP) is 4.48. The van der Waals surface area contributed by atoms with E-state index in [0.717, 1.165) is 5.56 Å². The first kappa shape index (κ1) is 15.7. The van der Waals surface area contributed by atoms with E-state index >= 15 is 0 Å². The maximum Gasteiger partial charge on any atom is 0.407 e. The molecule has 0 aromatic heterocycles. The van der Waals surface area contributed by atoms with Crippen molar-refractivity contribution in [2.24, 2.45) is 5.73 Å². The third-order valence-electron chi connectivity index (χ3n) is 2.94. The normalized spacial score (nSPS) is 13.0. The molecule has 2 N–H and O–H groups in total. The molecule has 6 heteroatoms. The minimum absolute atomic E-state index is 0.00686. The molecular formula is C15H13ClF3NO. The van der Waals surface area contributed by atoms with Crippen LogP contribution in [0.15, 0.2) is 48.5 Å². The van der Waals surface area contributed by atoms with Crippen molar-refractivity contribution in [3.05, 3.63) is 64.7 Å². The molecule has 1 atom stereocenters. The Morgan fingerprint density at radius 1 is 1.05 bits per heavy atom. The minimum atomic E-state index is -4.46. The third kappa shape index (κ3) is 4.12. The highest BCUT2D eigenvalue weighted by Crippen LogP contribution is 2.31. The monoisotopic (exact) mass is 315 g/mol. The Kier molecular flexibility index (Phi) is 4.75. The first-order chi connectivity index (χ1) is 9.88. The summed E-state index contributed by atoms with van der Waals surface area (Å²) in [5, 5.41) is 0.577. The van der Waals surface area contributed by atoms with Crippen molar-refractivity contribution >= 4 is 11.6 Å². The van der Waals surface area contributed by atoms with Crippen molar-refractivity contribution in [3.63, 3.8) is 0 Å². The van der Waals surface area contributed by atoms with Gasteiger partial charge in [-0.05, 0) is 23.8 Å². The number of hydrogen-bond donors (Lipinski definition) is 1. The van der Waals surface area contributed by atoms with Gasteiger partial charge in [0.15, 0.2) is 0 Å². The van der Waals surface area contributed by atoms with Gasteiger partial charge in [0, 0.05) is 10.6 Å². The Morgan fingerprint density at radius 2 is 1.67 bits per heavy atom. The van der Waals surface area contributed by atoms with Crippen LogP contribution in [-0.2, 0) is 6.61 Å². The zero-order chi connectivity index (χ0) is 15.5. The van der Waals surface area contributed by atoms with Gasteiger partial charge in [0.25, 0.3) is 0 Å². The van der Waals surface area contributed by atoms with Crippen molar-refractivity contribution in [2.75, 3.05) is 0 Å². The minimum Gasteiger partial charge on any atom is -0.489 e. The van der Waals surface area contributed by atoms with Crippen molar-refractivity contribution in [3.8, 4) is 5.75 Å². The number of ether oxygens (including phenoxy) is 1. The van der Waals surface area contributed by atoms with E-state index in [-0.39, 0.29) is 12.2 Å². The molecule has 0 amide bonds. The SMILES string of the molecule is N[C@H](c1ccc(OCc2ccccc2Cl)cc1)C(F)(F)F. The molecule has 2 rings (SSSR count). The van der Waals surface area contributed by atoms with E-state index in [1.165, 1.54) is 24.3 Å². The summed E-state index contributed by atoms with van der Waals surface area (Å²) in [5.41, 5.74) is 5.92. The van der Waals surface area contributed by atoms with Crippen LogP contribution in [-0.4, -0.2) is 6.18 Å². The lowest BCUT2D eigenvalue weighted by Gasteiger charge is -2.16. The van der Waals surface area contributed by atoms with Crippen LogP contribution in [0.4, 0.5) is 13.2 Å². The number of halogens is 4. The molecule has 0 saturated carbocycles. The number of benzene rings is 2. The van der Waals surface area contributed by atoms with Gasteiger partial charge in [-0.15, -0.1) is 0 Å². The lowest BCUT2D eigenvalue weighted by atomic mass is 10.1. The topological polar surface area (TPSA) is 35.2 Å². The summed E-state index contributed by atoms with van der Waals surface area (Å²) in [6.07, 6.45) is -4.46. The zero-order valence-corrected chi connectivity index (χ0v) is 11.7. The summed E-state index contributed by atoms with van der Waals surface area (Å²) in [7, 11) is 0. The van der Waals surface area contributed by atoms with Gasteiger partial charge in [-0.25, -0.2) is 0 Å². The molecule has 21 heavy (non-hydrogen) atoms. The van der Waals surface area contributed by atoms with Crippen LogP contribution in [0, 0.1) is 0 Å². The van der Waals surface area contributed by atoms with Crippen LogP contribution in [0.2, 0.25) is 5.02 Å². The molecule has 0 aliphatic heterocycles. The molecule has 0 unspecified atom stereocenters. The van der Waals surface area contributed by atoms with Gasteiger partial charge in [0.05, 0.1) is 0 Å². The molecule has 0 fully saturated rings. The van der Waals surface area contributed by atoms with Crippen LogP contribution in [0.25, 0.3) is 0 Å². The standard InChI is InChI=1S/C15H13ClF3NO/c16-13-4-2-1-3-11(13)9-21-12-7-5-10(6-8-12)14(20)15(17,18)19/h1-8,14H,9,20H2/t14-/m1/s1. The van der Waals surface area contributed by atoms with E-state index in [1.54, 1.807) is 12.1 Å². The van der Waals surface area contributed by atoms with E-state index in [2.05, 4.69) is 0 Å². The Morgan fingerprint density at radius 3 is 2.24 bits per heavy atom. The highest BCUT2D eigenvalue weighted by Gasteiger charge is 2.37. The maximum absolute atomic E-state index is 12.5. The second-order valence-corrected chi connectivity index (χ2v) is 4.88. The molecule has 0 heterocycles. The van der Waals surface area contributed by atoms with Crippen LogP contribution in [0.3, 0.4) is 0 Å². The number of hydrogen-bond acceptors (Lipinski definition) is 2. The molecule has 0 aliphatic rings. The first-order valence-corrected chi connectivity index (χ1v) is 6.54. The Bertz CT molecular complexity index is 599. The molecule has 2 nitrogen and oxygen atoms in total. The second-order valence-electron chi connectivity index (χ2n) is 4.47. The van der Waals surface area contributed by atoms with E-state index < -0.39 is 12.2 Å². The molecular weight excluding hydrogens is 303 g/mol. The molecule has 0 radical (unpaired) electrons. The molecule has 0 saturated heterocycles. The highest BCUT2D eigenvalue weighted by molar-refractivity contribution is 6.31. The first-order valence-electron chi connectivity index (χ1n) is 6.16. The Balaban J connectivity index is 2.02.